The number of carbonyl (C=O) groups is 3. The van der Waals surface area contributed by atoms with Crippen LogP contribution in [0.2, 0.25) is 0 Å². The Morgan fingerprint density at radius 1 is 0.639 bits per heavy atom. The fourth-order valence-electron chi connectivity index (χ4n) is 5.48. The highest BCUT2D eigenvalue weighted by molar-refractivity contribution is 5.91. The van der Waals surface area contributed by atoms with Crippen LogP contribution >= 0.6 is 0 Å². The van der Waals surface area contributed by atoms with E-state index in [-0.39, 0.29) is 29.7 Å². The van der Waals surface area contributed by atoms with Gasteiger partial charge < -0.3 is 26.4 Å². The van der Waals surface area contributed by atoms with Crippen LogP contribution < -0.4 is 21.3 Å². The van der Waals surface area contributed by atoms with Gasteiger partial charge in [0, 0.05) is 23.5 Å². The molecular formula is C28H36N4O4. The van der Waals surface area contributed by atoms with E-state index in [1.807, 2.05) is 30.3 Å². The van der Waals surface area contributed by atoms with Crippen LogP contribution in [-0.4, -0.2) is 35.2 Å². The second-order valence-electron chi connectivity index (χ2n) is 10.1. The quantitative estimate of drug-likeness (QED) is 0.334. The van der Waals surface area contributed by atoms with Crippen molar-refractivity contribution >= 4 is 29.4 Å². The number of nitrogens with one attached hydrogen (secondary N) is 4. The van der Waals surface area contributed by atoms with Crippen molar-refractivity contribution in [3.05, 3.63) is 60.2 Å². The molecule has 0 spiro atoms. The Hall–Kier alpha value is -3.55. The summed E-state index contributed by atoms with van der Waals surface area (Å²) in [5.41, 5.74) is 1.58. The van der Waals surface area contributed by atoms with Crippen LogP contribution in [0, 0.1) is 11.8 Å². The van der Waals surface area contributed by atoms with Crippen LogP contribution in [0.4, 0.5) is 21.0 Å². The van der Waals surface area contributed by atoms with Crippen molar-refractivity contribution in [3.8, 4) is 0 Å². The number of benzene rings is 2. The molecule has 0 unspecified atom stereocenters. The first-order valence-corrected chi connectivity index (χ1v) is 13.0. The van der Waals surface area contributed by atoms with Gasteiger partial charge in [0.25, 0.3) is 0 Å². The lowest BCUT2D eigenvalue weighted by molar-refractivity contribution is 0.0697. The number of carboxylic acid groups (broad SMARTS) is 1. The Morgan fingerprint density at radius 2 is 1.08 bits per heavy atom. The monoisotopic (exact) mass is 492 g/mol. The summed E-state index contributed by atoms with van der Waals surface area (Å²) in [6.45, 7) is 0. The molecule has 2 aliphatic rings. The van der Waals surface area contributed by atoms with E-state index in [1.165, 1.54) is 18.6 Å². The molecule has 192 valence electrons. The normalized spacial score (nSPS) is 23.8. The second-order valence-corrected chi connectivity index (χ2v) is 10.1. The van der Waals surface area contributed by atoms with Gasteiger partial charge in [-0.25, -0.2) is 14.4 Å². The highest BCUT2D eigenvalue weighted by Gasteiger charge is 2.28. The predicted molar refractivity (Wildman–Crippen MR) is 140 cm³/mol. The first kappa shape index (κ1) is 25.5. The van der Waals surface area contributed by atoms with E-state index in [9.17, 15) is 14.4 Å². The fraction of sp³-hybridized carbons (Fsp3) is 0.464. The largest absolute Gasteiger partial charge is 0.478 e. The zero-order valence-electron chi connectivity index (χ0n) is 20.5. The van der Waals surface area contributed by atoms with E-state index in [1.54, 1.807) is 12.1 Å². The molecule has 5 N–H and O–H groups in total. The van der Waals surface area contributed by atoms with Crippen LogP contribution in [0.25, 0.3) is 0 Å². The minimum atomic E-state index is -0.987. The van der Waals surface area contributed by atoms with Crippen molar-refractivity contribution in [2.75, 3.05) is 10.6 Å². The van der Waals surface area contributed by atoms with E-state index in [4.69, 9.17) is 5.11 Å². The summed E-state index contributed by atoms with van der Waals surface area (Å²) in [4.78, 5) is 35.5. The molecule has 4 rings (SSSR count). The number of urea groups is 2. The number of anilines is 2. The lowest BCUT2D eigenvalue weighted by atomic mass is 9.75. The fourth-order valence-corrected chi connectivity index (χ4v) is 5.48. The molecule has 0 saturated heterocycles. The summed E-state index contributed by atoms with van der Waals surface area (Å²) in [6, 6.07) is 15.7. The van der Waals surface area contributed by atoms with E-state index in [2.05, 4.69) is 21.3 Å². The number of carbonyl (C=O) groups excluding carboxylic acids is 2. The highest BCUT2D eigenvalue weighted by Crippen LogP contribution is 2.35. The number of carboxylic acids is 1. The van der Waals surface area contributed by atoms with E-state index in [0.717, 1.165) is 57.1 Å². The number of hydrogen-bond acceptors (Lipinski definition) is 3. The Labute approximate surface area is 212 Å². The topological polar surface area (TPSA) is 120 Å². The SMILES string of the molecule is O=C(Nc1ccccc1)NC1CCC(CC2CCC(NC(=O)Nc3ccc(C(=O)O)cc3)CC2)CC1. The zero-order valence-corrected chi connectivity index (χ0v) is 20.5. The third-order valence-corrected chi connectivity index (χ3v) is 7.45. The van der Waals surface area contributed by atoms with Gasteiger partial charge >= 0.3 is 18.0 Å². The van der Waals surface area contributed by atoms with E-state index in [0.29, 0.717) is 17.5 Å². The molecule has 0 atom stereocenters. The Morgan fingerprint density at radius 3 is 1.53 bits per heavy atom. The van der Waals surface area contributed by atoms with Crippen molar-refractivity contribution in [1.29, 1.82) is 0 Å². The summed E-state index contributed by atoms with van der Waals surface area (Å²) < 4.78 is 0. The Bertz CT molecular complexity index is 1010. The molecule has 0 radical (unpaired) electrons. The average molecular weight is 493 g/mol. The molecular weight excluding hydrogens is 456 g/mol. The highest BCUT2D eigenvalue weighted by atomic mass is 16.4. The third-order valence-electron chi connectivity index (χ3n) is 7.45. The van der Waals surface area contributed by atoms with Gasteiger partial charge in [-0.3, -0.25) is 0 Å². The maximum Gasteiger partial charge on any atom is 0.335 e. The van der Waals surface area contributed by atoms with Crippen LogP contribution in [0.15, 0.2) is 54.6 Å². The number of aromatic carboxylic acids is 1. The summed E-state index contributed by atoms with van der Waals surface area (Å²) in [5, 5.41) is 20.8. The van der Waals surface area contributed by atoms with Crippen molar-refractivity contribution in [3.63, 3.8) is 0 Å². The smallest absolute Gasteiger partial charge is 0.335 e. The Kier molecular flexibility index (Phi) is 8.81. The molecule has 2 saturated carbocycles. The van der Waals surface area contributed by atoms with Crippen LogP contribution in [0.5, 0.6) is 0 Å². The second kappa shape index (κ2) is 12.4. The zero-order chi connectivity index (χ0) is 25.3. The molecule has 0 heterocycles. The predicted octanol–water partition coefficient (Wildman–Crippen LogP) is 5.84. The van der Waals surface area contributed by atoms with Gasteiger partial charge in [0.1, 0.15) is 0 Å². The third kappa shape index (κ3) is 7.73. The first-order valence-electron chi connectivity index (χ1n) is 13.0. The van der Waals surface area contributed by atoms with Crippen LogP contribution in [-0.2, 0) is 0 Å². The van der Waals surface area contributed by atoms with Crippen molar-refractivity contribution in [1.82, 2.24) is 10.6 Å². The Balaban J connectivity index is 1.10. The lowest BCUT2D eigenvalue weighted by Crippen LogP contribution is -2.41. The summed E-state index contributed by atoms with van der Waals surface area (Å²) >= 11 is 0. The van der Waals surface area contributed by atoms with Gasteiger partial charge in [-0.1, -0.05) is 18.2 Å². The average Bonchev–Trinajstić information content (AvgIpc) is 2.87. The van der Waals surface area contributed by atoms with Crippen molar-refractivity contribution in [2.24, 2.45) is 11.8 Å². The summed E-state index contributed by atoms with van der Waals surface area (Å²) in [5.74, 6) is 0.427. The molecule has 0 bridgehead atoms. The molecule has 2 aliphatic carbocycles. The standard InChI is InChI=1S/C28H36N4O4/c33-26(34)21-10-16-25(17-11-21)32-28(36)31-24-14-8-20(9-15-24)18-19-6-12-23(13-7-19)30-27(35)29-22-4-2-1-3-5-22/h1-5,10-11,16-17,19-20,23-24H,6-9,12-15,18H2,(H,33,34)(H2,29,30,35)(H2,31,32,36). The van der Waals surface area contributed by atoms with Crippen LogP contribution in [0.3, 0.4) is 0 Å². The van der Waals surface area contributed by atoms with Gasteiger partial charge in [-0.15, -0.1) is 0 Å². The van der Waals surface area contributed by atoms with Gasteiger partial charge in [-0.2, -0.15) is 0 Å². The molecule has 4 amide bonds. The molecule has 2 aromatic carbocycles. The molecule has 2 aromatic rings. The molecule has 0 aliphatic heterocycles. The van der Waals surface area contributed by atoms with Gasteiger partial charge in [0.05, 0.1) is 5.56 Å². The van der Waals surface area contributed by atoms with Crippen LogP contribution in [0.1, 0.15) is 68.1 Å². The summed E-state index contributed by atoms with van der Waals surface area (Å²) in [6.07, 6.45) is 9.78. The van der Waals surface area contributed by atoms with Gasteiger partial charge in [0.2, 0.25) is 0 Å². The first-order chi connectivity index (χ1) is 17.4. The lowest BCUT2D eigenvalue weighted by Gasteiger charge is -2.34. The van der Waals surface area contributed by atoms with Crippen molar-refractivity contribution in [2.45, 2.75) is 69.9 Å². The van der Waals surface area contributed by atoms with Gasteiger partial charge in [-0.05, 0) is 106 Å². The maximum absolute atomic E-state index is 12.3. The van der Waals surface area contributed by atoms with E-state index < -0.39 is 5.97 Å². The molecule has 36 heavy (non-hydrogen) atoms. The summed E-state index contributed by atoms with van der Waals surface area (Å²) in [7, 11) is 0. The molecule has 8 nitrogen and oxygen atoms in total. The number of rotatable bonds is 7. The molecule has 2 fully saturated rings. The van der Waals surface area contributed by atoms with Gasteiger partial charge in [0.15, 0.2) is 0 Å². The number of amides is 4. The maximum atomic E-state index is 12.3. The van der Waals surface area contributed by atoms with E-state index >= 15 is 0 Å². The van der Waals surface area contributed by atoms with Crippen molar-refractivity contribution < 1.29 is 19.5 Å². The number of para-hydroxylation sites is 1. The minimum Gasteiger partial charge on any atom is -0.478 e. The number of hydrogen-bond donors (Lipinski definition) is 5. The minimum absolute atomic E-state index is 0.128. The molecule has 8 heteroatoms. The molecule has 0 aromatic heterocycles.